The van der Waals surface area contributed by atoms with Crippen molar-refractivity contribution >= 4 is 23.4 Å². The Morgan fingerprint density at radius 1 is 1.05 bits per heavy atom. The third-order valence-corrected chi connectivity index (χ3v) is 7.03. The monoisotopic (exact) mass is 522 g/mol. The van der Waals surface area contributed by atoms with Crippen LogP contribution in [0.25, 0.3) is 6.08 Å². The van der Waals surface area contributed by atoms with Gasteiger partial charge < -0.3 is 18.9 Å². The zero-order valence-corrected chi connectivity index (χ0v) is 22.4. The molecule has 0 unspecified atom stereocenters. The van der Waals surface area contributed by atoms with Gasteiger partial charge in [0.1, 0.15) is 23.3 Å². The molecule has 37 heavy (non-hydrogen) atoms. The van der Waals surface area contributed by atoms with Crippen LogP contribution in [0.15, 0.2) is 63.5 Å². The normalized spacial score (nSPS) is 15.2. The van der Waals surface area contributed by atoms with Crippen molar-refractivity contribution in [2.24, 2.45) is 4.99 Å². The summed E-state index contributed by atoms with van der Waals surface area (Å²) in [4.78, 5) is 32.6. The zero-order chi connectivity index (χ0) is 26.5. The van der Waals surface area contributed by atoms with Gasteiger partial charge in [-0.25, -0.2) is 9.79 Å². The van der Waals surface area contributed by atoms with Gasteiger partial charge in [-0.1, -0.05) is 42.9 Å². The summed E-state index contributed by atoms with van der Waals surface area (Å²) < 4.78 is 24.1. The average Bonchev–Trinajstić information content (AvgIpc) is 3.22. The SMILES string of the molecule is CCCC1=C(C(=O)OCC)[C@H](c2cc(OC)ccc2OC)n2c(s/c(=C/c3ccccc3OC)c2=O)=N1. The maximum atomic E-state index is 13.9. The molecule has 0 saturated carbocycles. The third kappa shape index (κ3) is 5.04. The molecular weight excluding hydrogens is 492 g/mol. The molecule has 9 heteroatoms. The summed E-state index contributed by atoms with van der Waals surface area (Å²) in [5.41, 5.74) is 2.02. The fraction of sp³-hybridized carbons (Fsp3) is 0.321. The lowest BCUT2D eigenvalue weighted by Gasteiger charge is -2.27. The van der Waals surface area contributed by atoms with Gasteiger partial charge >= 0.3 is 5.97 Å². The maximum Gasteiger partial charge on any atom is 0.338 e. The number of fused-ring (bicyclic) bond motifs is 1. The van der Waals surface area contributed by atoms with Crippen LogP contribution in [0.4, 0.5) is 0 Å². The molecule has 0 spiro atoms. The minimum absolute atomic E-state index is 0.196. The smallest absolute Gasteiger partial charge is 0.338 e. The minimum atomic E-state index is -0.804. The van der Waals surface area contributed by atoms with Crippen molar-refractivity contribution in [3.63, 3.8) is 0 Å². The number of thiazole rings is 1. The van der Waals surface area contributed by atoms with Crippen LogP contribution in [0.5, 0.6) is 17.2 Å². The van der Waals surface area contributed by atoms with E-state index in [1.165, 1.54) is 11.3 Å². The second kappa shape index (κ2) is 11.5. The second-order valence-electron chi connectivity index (χ2n) is 8.26. The van der Waals surface area contributed by atoms with Crippen molar-refractivity contribution in [3.8, 4) is 17.2 Å². The van der Waals surface area contributed by atoms with Crippen molar-refractivity contribution < 1.29 is 23.7 Å². The van der Waals surface area contributed by atoms with Crippen LogP contribution in [0.2, 0.25) is 0 Å². The van der Waals surface area contributed by atoms with Crippen molar-refractivity contribution in [2.45, 2.75) is 32.7 Å². The summed E-state index contributed by atoms with van der Waals surface area (Å²) in [6.45, 7) is 3.97. The molecule has 0 fully saturated rings. The Labute approximate surface area is 219 Å². The van der Waals surface area contributed by atoms with Crippen molar-refractivity contribution in [1.29, 1.82) is 0 Å². The number of para-hydroxylation sites is 1. The molecular formula is C28H30N2O6S. The first kappa shape index (κ1) is 26.2. The lowest BCUT2D eigenvalue weighted by atomic mass is 9.93. The van der Waals surface area contributed by atoms with Gasteiger partial charge in [-0.15, -0.1) is 0 Å². The van der Waals surface area contributed by atoms with Crippen LogP contribution in [0.3, 0.4) is 0 Å². The molecule has 8 nitrogen and oxygen atoms in total. The highest BCUT2D eigenvalue weighted by Crippen LogP contribution is 2.38. The van der Waals surface area contributed by atoms with E-state index in [1.54, 1.807) is 57.1 Å². The number of ether oxygens (including phenoxy) is 4. The van der Waals surface area contributed by atoms with Gasteiger partial charge in [0.2, 0.25) is 0 Å². The quantitative estimate of drug-likeness (QED) is 0.399. The van der Waals surface area contributed by atoms with Gasteiger partial charge in [-0.05, 0) is 43.7 Å². The van der Waals surface area contributed by atoms with Gasteiger partial charge in [-0.3, -0.25) is 9.36 Å². The van der Waals surface area contributed by atoms with Gasteiger partial charge in [0, 0.05) is 11.1 Å². The zero-order valence-electron chi connectivity index (χ0n) is 21.6. The van der Waals surface area contributed by atoms with E-state index in [4.69, 9.17) is 23.9 Å². The van der Waals surface area contributed by atoms with Gasteiger partial charge in [-0.2, -0.15) is 0 Å². The maximum absolute atomic E-state index is 13.9. The van der Waals surface area contributed by atoms with E-state index in [-0.39, 0.29) is 12.2 Å². The Hall–Kier alpha value is -3.85. The highest BCUT2D eigenvalue weighted by Gasteiger charge is 2.36. The Morgan fingerprint density at radius 2 is 1.81 bits per heavy atom. The molecule has 0 saturated heterocycles. The number of benzene rings is 2. The highest BCUT2D eigenvalue weighted by atomic mass is 32.1. The molecule has 1 aliphatic rings. The molecule has 1 atom stereocenters. The lowest BCUT2D eigenvalue weighted by Crippen LogP contribution is -2.40. The number of methoxy groups -OCH3 is 3. The van der Waals surface area contributed by atoms with E-state index in [2.05, 4.69) is 0 Å². The van der Waals surface area contributed by atoms with Crippen LogP contribution in [-0.2, 0) is 9.53 Å². The fourth-order valence-corrected chi connectivity index (χ4v) is 5.41. The van der Waals surface area contributed by atoms with Crippen LogP contribution >= 0.6 is 11.3 Å². The molecule has 1 aliphatic heterocycles. The minimum Gasteiger partial charge on any atom is -0.497 e. The summed E-state index contributed by atoms with van der Waals surface area (Å²) in [7, 11) is 4.71. The van der Waals surface area contributed by atoms with Crippen LogP contribution in [0.1, 0.15) is 43.9 Å². The van der Waals surface area contributed by atoms with E-state index in [0.29, 0.717) is 49.8 Å². The molecule has 4 rings (SSSR count). The Bertz CT molecular complexity index is 1520. The molecule has 0 bridgehead atoms. The average molecular weight is 523 g/mol. The second-order valence-corrected chi connectivity index (χ2v) is 9.27. The van der Waals surface area contributed by atoms with E-state index < -0.39 is 12.0 Å². The van der Waals surface area contributed by atoms with E-state index in [9.17, 15) is 9.59 Å². The summed E-state index contributed by atoms with van der Waals surface area (Å²) in [6, 6.07) is 12.0. The van der Waals surface area contributed by atoms with Gasteiger partial charge in [0.25, 0.3) is 5.56 Å². The first-order valence-corrected chi connectivity index (χ1v) is 12.9. The van der Waals surface area contributed by atoms with E-state index in [0.717, 1.165) is 12.0 Å². The number of rotatable bonds is 9. The topological polar surface area (TPSA) is 88.4 Å². The summed E-state index contributed by atoms with van der Waals surface area (Å²) in [6.07, 6.45) is 3.10. The molecule has 1 aromatic heterocycles. The predicted octanol–water partition coefficient (Wildman–Crippen LogP) is 3.60. The van der Waals surface area contributed by atoms with Crippen LogP contribution in [-0.4, -0.2) is 38.5 Å². The number of esters is 1. The fourth-order valence-electron chi connectivity index (χ4n) is 4.40. The molecule has 0 N–H and O–H groups in total. The van der Waals surface area contributed by atoms with Crippen LogP contribution in [0, 0.1) is 0 Å². The third-order valence-electron chi connectivity index (χ3n) is 6.05. The number of allylic oxidation sites excluding steroid dienone is 1. The summed E-state index contributed by atoms with van der Waals surface area (Å²) >= 11 is 1.27. The highest BCUT2D eigenvalue weighted by molar-refractivity contribution is 7.07. The number of carbonyl (C=O) groups is 1. The number of carbonyl (C=O) groups excluding carboxylic acids is 1. The predicted molar refractivity (Wildman–Crippen MR) is 142 cm³/mol. The summed E-state index contributed by atoms with van der Waals surface area (Å²) in [5, 5.41) is 0. The van der Waals surface area contributed by atoms with Crippen LogP contribution < -0.4 is 29.1 Å². The number of nitrogens with zero attached hydrogens (tertiary/aromatic N) is 2. The van der Waals surface area contributed by atoms with Crippen molar-refractivity contribution in [2.75, 3.05) is 27.9 Å². The largest absolute Gasteiger partial charge is 0.497 e. The number of aromatic nitrogens is 1. The van der Waals surface area contributed by atoms with E-state index in [1.807, 2.05) is 31.2 Å². The van der Waals surface area contributed by atoms with Gasteiger partial charge in [0.15, 0.2) is 4.80 Å². The summed E-state index contributed by atoms with van der Waals surface area (Å²) in [5.74, 6) is 1.23. The van der Waals surface area contributed by atoms with Crippen molar-refractivity contribution in [3.05, 3.63) is 84.5 Å². The first-order valence-electron chi connectivity index (χ1n) is 12.0. The number of hydrogen-bond acceptors (Lipinski definition) is 8. The molecule has 2 heterocycles. The molecule has 0 amide bonds. The molecule has 194 valence electrons. The Morgan fingerprint density at radius 3 is 2.49 bits per heavy atom. The molecule has 0 aliphatic carbocycles. The number of hydrogen-bond donors (Lipinski definition) is 0. The van der Waals surface area contributed by atoms with Crippen molar-refractivity contribution in [1.82, 2.24) is 4.57 Å². The standard InChI is InChI=1S/C28H30N2O6S/c1-6-10-20-24(27(32)36-7-2)25(19-16-18(33-3)13-14-22(19)35-5)30-26(31)23(37-28(30)29-20)15-17-11-8-9-12-21(17)34-4/h8-9,11-16,25H,6-7,10H2,1-5H3/b23-15+/t25-/m0/s1. The van der Waals surface area contributed by atoms with E-state index >= 15 is 0 Å². The molecule has 0 radical (unpaired) electrons. The lowest BCUT2D eigenvalue weighted by molar-refractivity contribution is -0.139. The molecule has 3 aromatic rings. The molecule has 2 aromatic carbocycles. The first-order chi connectivity index (χ1) is 18.0. The Balaban J connectivity index is 2.07. The van der Waals surface area contributed by atoms with Gasteiger partial charge in [0.05, 0.1) is 43.7 Å². The Kier molecular flexibility index (Phi) is 8.13.